The number of nitrogens with one attached hydrogen (secondary N) is 1. The van der Waals surface area contributed by atoms with Crippen LogP contribution >= 0.6 is 0 Å². The molecule has 0 aromatic heterocycles. The highest BCUT2D eigenvalue weighted by Gasteiger charge is 2.36. The summed E-state index contributed by atoms with van der Waals surface area (Å²) in [7, 11) is 0. The van der Waals surface area contributed by atoms with Gasteiger partial charge in [0.1, 0.15) is 6.04 Å². The summed E-state index contributed by atoms with van der Waals surface area (Å²) in [6.45, 7) is 0. The molecule has 1 aliphatic carbocycles. The Morgan fingerprint density at radius 1 is 0.957 bits per heavy atom. The van der Waals surface area contributed by atoms with Gasteiger partial charge in [-0.2, -0.15) is 0 Å². The second kappa shape index (κ2) is 6.65. The highest BCUT2D eigenvalue weighted by atomic mass is 16.2. The monoisotopic (exact) mass is 308 g/mol. The zero-order chi connectivity index (χ0) is 16.2. The van der Waals surface area contributed by atoms with Gasteiger partial charge in [0.15, 0.2) is 0 Å². The molecule has 0 bridgehead atoms. The lowest BCUT2D eigenvalue weighted by Gasteiger charge is -2.35. The fourth-order valence-electron chi connectivity index (χ4n) is 3.05. The van der Waals surface area contributed by atoms with E-state index in [2.05, 4.69) is 17.4 Å². The van der Waals surface area contributed by atoms with E-state index in [0.717, 1.165) is 12.8 Å². The first-order valence-electron chi connectivity index (χ1n) is 7.84. The minimum atomic E-state index is -0.764. The Morgan fingerprint density at radius 2 is 1.52 bits per heavy atom. The van der Waals surface area contributed by atoms with E-state index in [0.29, 0.717) is 11.5 Å². The summed E-state index contributed by atoms with van der Waals surface area (Å²) in [5.41, 5.74) is 7.43. The van der Waals surface area contributed by atoms with Crippen molar-refractivity contribution in [2.45, 2.75) is 24.8 Å². The largest absolute Gasteiger partial charge is 0.368 e. The third-order valence-corrected chi connectivity index (χ3v) is 4.48. The topological polar surface area (TPSA) is 72.2 Å². The van der Waals surface area contributed by atoms with Crippen LogP contribution in [0, 0.1) is 5.92 Å². The summed E-state index contributed by atoms with van der Waals surface area (Å²) >= 11 is 0. The Hall–Kier alpha value is -2.62. The molecule has 1 fully saturated rings. The maximum absolute atomic E-state index is 12.4. The van der Waals surface area contributed by atoms with Crippen LogP contribution in [-0.2, 0) is 9.59 Å². The second-order valence-corrected chi connectivity index (χ2v) is 6.03. The van der Waals surface area contributed by atoms with Gasteiger partial charge in [0.25, 0.3) is 0 Å². The summed E-state index contributed by atoms with van der Waals surface area (Å²) in [4.78, 5) is 24.0. The van der Waals surface area contributed by atoms with Crippen LogP contribution < -0.4 is 11.1 Å². The summed E-state index contributed by atoms with van der Waals surface area (Å²) in [5.74, 6) is -0.255. The standard InChI is InChI=1S/C19H20N2O2/c20-18(22)17(14-9-5-2-6-10-14)21-19(23)16-11-15(12-16)13-7-3-1-4-8-13/h1-10,15-17H,11-12H2,(H2,20,22)(H,21,23). The average Bonchev–Trinajstić information content (AvgIpc) is 2.53. The molecule has 3 N–H and O–H groups in total. The van der Waals surface area contributed by atoms with E-state index in [1.807, 2.05) is 36.4 Å². The van der Waals surface area contributed by atoms with Gasteiger partial charge in [0, 0.05) is 5.92 Å². The van der Waals surface area contributed by atoms with Crippen LogP contribution in [0.5, 0.6) is 0 Å². The number of hydrogen-bond donors (Lipinski definition) is 2. The van der Waals surface area contributed by atoms with Gasteiger partial charge in [-0.1, -0.05) is 60.7 Å². The Kier molecular flexibility index (Phi) is 4.42. The number of hydrogen-bond acceptors (Lipinski definition) is 2. The minimum absolute atomic E-state index is 0.0502. The van der Waals surface area contributed by atoms with Crippen molar-refractivity contribution in [2.75, 3.05) is 0 Å². The fourth-order valence-corrected chi connectivity index (χ4v) is 3.05. The quantitative estimate of drug-likeness (QED) is 0.891. The van der Waals surface area contributed by atoms with Crippen molar-refractivity contribution in [2.24, 2.45) is 11.7 Å². The second-order valence-electron chi connectivity index (χ2n) is 6.03. The molecule has 1 saturated carbocycles. The van der Waals surface area contributed by atoms with E-state index >= 15 is 0 Å². The molecule has 2 amide bonds. The SMILES string of the molecule is NC(=O)C(NC(=O)C1CC(c2ccccc2)C1)c1ccccc1. The number of amides is 2. The van der Waals surface area contributed by atoms with Crippen LogP contribution in [0.3, 0.4) is 0 Å². The third kappa shape index (κ3) is 3.42. The number of carbonyl (C=O) groups excluding carboxylic acids is 2. The van der Waals surface area contributed by atoms with Crippen molar-refractivity contribution in [3.63, 3.8) is 0 Å². The lowest BCUT2D eigenvalue weighted by molar-refractivity contribution is -0.132. The lowest BCUT2D eigenvalue weighted by atomic mass is 9.71. The van der Waals surface area contributed by atoms with E-state index < -0.39 is 11.9 Å². The van der Waals surface area contributed by atoms with Crippen molar-refractivity contribution < 1.29 is 9.59 Å². The molecule has 2 aromatic carbocycles. The Morgan fingerprint density at radius 3 is 2.09 bits per heavy atom. The summed E-state index contributed by atoms with van der Waals surface area (Å²) in [6.07, 6.45) is 1.63. The van der Waals surface area contributed by atoms with E-state index in [4.69, 9.17) is 5.73 Å². The van der Waals surface area contributed by atoms with Gasteiger partial charge < -0.3 is 11.1 Å². The van der Waals surface area contributed by atoms with Crippen LogP contribution in [-0.4, -0.2) is 11.8 Å². The number of nitrogens with two attached hydrogens (primary N) is 1. The van der Waals surface area contributed by atoms with Crippen LogP contribution in [0.2, 0.25) is 0 Å². The smallest absolute Gasteiger partial charge is 0.244 e. The molecule has 4 nitrogen and oxygen atoms in total. The first-order chi connectivity index (χ1) is 11.1. The van der Waals surface area contributed by atoms with E-state index in [-0.39, 0.29) is 11.8 Å². The summed E-state index contributed by atoms with van der Waals surface area (Å²) in [6, 6.07) is 18.5. The normalized spacial score (nSPS) is 21.0. The average molecular weight is 308 g/mol. The molecule has 1 unspecified atom stereocenters. The molecule has 2 aromatic rings. The van der Waals surface area contributed by atoms with E-state index in [9.17, 15) is 9.59 Å². The number of carbonyl (C=O) groups is 2. The first kappa shape index (κ1) is 15.3. The Labute approximate surface area is 135 Å². The zero-order valence-electron chi connectivity index (χ0n) is 12.8. The third-order valence-electron chi connectivity index (χ3n) is 4.48. The molecule has 0 spiro atoms. The zero-order valence-corrected chi connectivity index (χ0v) is 12.8. The van der Waals surface area contributed by atoms with Gasteiger partial charge in [-0.3, -0.25) is 9.59 Å². The molecule has 23 heavy (non-hydrogen) atoms. The predicted octanol–water partition coefficient (Wildman–Crippen LogP) is 2.52. The van der Waals surface area contributed by atoms with Crippen LogP contribution in [0.1, 0.15) is 35.9 Å². The number of primary amides is 1. The maximum atomic E-state index is 12.4. The molecular formula is C19H20N2O2. The summed E-state index contributed by atoms with van der Waals surface area (Å²) in [5, 5.41) is 2.79. The van der Waals surface area contributed by atoms with E-state index in [1.165, 1.54) is 5.56 Å². The van der Waals surface area contributed by atoms with Gasteiger partial charge in [0.2, 0.25) is 11.8 Å². The minimum Gasteiger partial charge on any atom is -0.368 e. The van der Waals surface area contributed by atoms with E-state index in [1.54, 1.807) is 12.1 Å². The maximum Gasteiger partial charge on any atom is 0.244 e. The van der Waals surface area contributed by atoms with Gasteiger partial charge >= 0.3 is 0 Å². The first-order valence-corrected chi connectivity index (χ1v) is 7.84. The van der Waals surface area contributed by atoms with Crippen molar-refractivity contribution >= 4 is 11.8 Å². The van der Waals surface area contributed by atoms with Crippen molar-refractivity contribution in [3.8, 4) is 0 Å². The Bertz CT molecular complexity index is 679. The van der Waals surface area contributed by atoms with Gasteiger partial charge in [0.05, 0.1) is 0 Å². The van der Waals surface area contributed by atoms with Crippen LogP contribution in [0.15, 0.2) is 60.7 Å². The van der Waals surface area contributed by atoms with Gasteiger partial charge in [-0.15, -0.1) is 0 Å². The number of rotatable bonds is 5. The molecule has 1 atom stereocenters. The Balaban J connectivity index is 1.60. The molecule has 1 aliphatic rings. The molecule has 0 aliphatic heterocycles. The summed E-state index contributed by atoms with van der Waals surface area (Å²) < 4.78 is 0. The molecule has 0 heterocycles. The number of benzene rings is 2. The molecule has 118 valence electrons. The molecule has 3 rings (SSSR count). The van der Waals surface area contributed by atoms with Crippen molar-refractivity contribution in [1.82, 2.24) is 5.32 Å². The molecule has 0 radical (unpaired) electrons. The predicted molar refractivity (Wildman–Crippen MR) is 88.4 cm³/mol. The molecule has 0 saturated heterocycles. The highest BCUT2D eigenvalue weighted by Crippen LogP contribution is 2.41. The molecular weight excluding hydrogens is 288 g/mol. The van der Waals surface area contributed by atoms with Gasteiger partial charge in [-0.25, -0.2) is 0 Å². The van der Waals surface area contributed by atoms with Crippen LogP contribution in [0.4, 0.5) is 0 Å². The lowest BCUT2D eigenvalue weighted by Crippen LogP contribution is -2.43. The van der Waals surface area contributed by atoms with Crippen molar-refractivity contribution in [3.05, 3.63) is 71.8 Å². The van der Waals surface area contributed by atoms with Crippen LogP contribution in [0.25, 0.3) is 0 Å². The highest BCUT2D eigenvalue weighted by molar-refractivity contribution is 5.89. The molecule has 4 heteroatoms. The van der Waals surface area contributed by atoms with Gasteiger partial charge in [-0.05, 0) is 29.9 Å². The van der Waals surface area contributed by atoms with Crippen molar-refractivity contribution in [1.29, 1.82) is 0 Å². The fraction of sp³-hybridized carbons (Fsp3) is 0.263.